The number of nitrogens with one attached hydrogen (secondary N) is 1. The number of ether oxygens (including phenoxy) is 1. The quantitative estimate of drug-likeness (QED) is 0.756. The summed E-state index contributed by atoms with van der Waals surface area (Å²) in [7, 11) is 1.68. The monoisotopic (exact) mass is 367 g/mol. The van der Waals surface area contributed by atoms with Gasteiger partial charge in [0.25, 0.3) is 0 Å². The summed E-state index contributed by atoms with van der Waals surface area (Å²) in [5, 5.41) is 4.31. The van der Waals surface area contributed by atoms with E-state index in [1.54, 1.807) is 7.11 Å². The maximum Gasteiger partial charge on any atom is 0.119 e. The van der Waals surface area contributed by atoms with Crippen LogP contribution in [0, 0.1) is 0 Å². The number of rotatable bonds is 6. The van der Waals surface area contributed by atoms with Crippen molar-refractivity contribution in [2.45, 2.75) is 19.4 Å². The summed E-state index contributed by atoms with van der Waals surface area (Å²) in [6, 6.07) is 14.1. The van der Waals surface area contributed by atoms with Crippen LogP contribution < -0.4 is 10.1 Å². The summed E-state index contributed by atoms with van der Waals surface area (Å²) in [6.07, 6.45) is 1.07. The molecule has 1 N–H and O–H groups in total. The molecule has 1 atom stereocenters. The van der Waals surface area contributed by atoms with Crippen molar-refractivity contribution in [3.8, 4) is 5.75 Å². The van der Waals surface area contributed by atoms with Crippen LogP contribution in [0.1, 0.15) is 30.5 Å². The van der Waals surface area contributed by atoms with Gasteiger partial charge in [-0.05, 0) is 54.4 Å². The van der Waals surface area contributed by atoms with Crippen LogP contribution in [0.2, 0.25) is 5.02 Å². The predicted octanol–water partition coefficient (Wildman–Crippen LogP) is 5.20. The van der Waals surface area contributed by atoms with E-state index in [1.165, 1.54) is 0 Å². The van der Waals surface area contributed by atoms with Crippen LogP contribution in [0.3, 0.4) is 0 Å². The Bertz CT molecular complexity index is 603. The zero-order valence-electron chi connectivity index (χ0n) is 12.2. The van der Waals surface area contributed by atoms with E-state index in [4.69, 9.17) is 16.3 Å². The van der Waals surface area contributed by atoms with E-state index >= 15 is 0 Å². The molecule has 112 valence electrons. The van der Waals surface area contributed by atoms with Gasteiger partial charge in [0.2, 0.25) is 0 Å². The molecule has 0 aliphatic carbocycles. The minimum Gasteiger partial charge on any atom is -0.497 e. The zero-order chi connectivity index (χ0) is 15.2. The van der Waals surface area contributed by atoms with Crippen LogP contribution in [0.4, 0.5) is 0 Å². The first kappa shape index (κ1) is 16.3. The molecule has 0 amide bonds. The molecule has 0 radical (unpaired) electrons. The largest absolute Gasteiger partial charge is 0.497 e. The summed E-state index contributed by atoms with van der Waals surface area (Å²) in [5.41, 5.74) is 2.29. The smallest absolute Gasteiger partial charge is 0.119 e. The lowest BCUT2D eigenvalue weighted by molar-refractivity contribution is 0.413. The molecule has 21 heavy (non-hydrogen) atoms. The number of hydrogen-bond acceptors (Lipinski definition) is 2. The average molecular weight is 369 g/mol. The molecular formula is C17H19BrClNO. The van der Waals surface area contributed by atoms with E-state index in [-0.39, 0.29) is 6.04 Å². The standard InChI is InChI=1S/C17H19BrClNO/c1-3-9-20-17(12-5-4-6-14(10-12)21-2)15-11-13(19)7-8-16(15)18/h4-8,10-11,17,20H,3,9H2,1-2H3. The minimum absolute atomic E-state index is 0.0770. The Balaban J connectivity index is 2.44. The number of hydrogen-bond donors (Lipinski definition) is 1. The Labute approximate surface area is 139 Å². The molecule has 4 heteroatoms. The third-order valence-electron chi connectivity index (χ3n) is 3.29. The first-order valence-corrected chi connectivity index (χ1v) is 8.15. The minimum atomic E-state index is 0.0770. The van der Waals surface area contributed by atoms with Gasteiger partial charge in [-0.3, -0.25) is 0 Å². The second-order valence-electron chi connectivity index (χ2n) is 4.83. The fourth-order valence-electron chi connectivity index (χ4n) is 2.25. The summed E-state index contributed by atoms with van der Waals surface area (Å²) >= 11 is 9.79. The molecule has 0 spiro atoms. The molecule has 0 saturated carbocycles. The Morgan fingerprint density at radius 1 is 1.24 bits per heavy atom. The first-order valence-electron chi connectivity index (χ1n) is 6.98. The molecule has 2 rings (SSSR count). The van der Waals surface area contributed by atoms with Crippen LogP contribution in [-0.4, -0.2) is 13.7 Å². The van der Waals surface area contributed by atoms with Crippen molar-refractivity contribution in [1.29, 1.82) is 0 Å². The Hall–Kier alpha value is -1.03. The van der Waals surface area contributed by atoms with Crippen molar-refractivity contribution < 1.29 is 4.74 Å². The van der Waals surface area contributed by atoms with Gasteiger partial charge in [-0.15, -0.1) is 0 Å². The lowest BCUT2D eigenvalue weighted by atomic mass is 9.98. The second-order valence-corrected chi connectivity index (χ2v) is 6.12. The van der Waals surface area contributed by atoms with Gasteiger partial charge in [-0.1, -0.05) is 46.6 Å². The highest BCUT2D eigenvalue weighted by atomic mass is 79.9. The maximum atomic E-state index is 6.17. The fourth-order valence-corrected chi connectivity index (χ4v) is 2.91. The Morgan fingerprint density at radius 2 is 2.05 bits per heavy atom. The average Bonchev–Trinajstić information content (AvgIpc) is 2.51. The lowest BCUT2D eigenvalue weighted by Crippen LogP contribution is -2.23. The number of halogens is 2. The van der Waals surface area contributed by atoms with Gasteiger partial charge in [0.05, 0.1) is 13.2 Å². The molecule has 0 aliphatic rings. The molecular weight excluding hydrogens is 350 g/mol. The third kappa shape index (κ3) is 4.22. The van der Waals surface area contributed by atoms with Gasteiger partial charge in [-0.25, -0.2) is 0 Å². The van der Waals surface area contributed by atoms with Crippen LogP contribution in [0.15, 0.2) is 46.9 Å². The van der Waals surface area contributed by atoms with Crippen molar-refractivity contribution in [3.63, 3.8) is 0 Å². The molecule has 2 aromatic carbocycles. The molecule has 1 unspecified atom stereocenters. The summed E-state index contributed by atoms with van der Waals surface area (Å²) in [5.74, 6) is 0.856. The molecule has 0 fully saturated rings. The lowest BCUT2D eigenvalue weighted by Gasteiger charge is -2.21. The highest BCUT2D eigenvalue weighted by Crippen LogP contribution is 2.32. The fraction of sp³-hybridized carbons (Fsp3) is 0.294. The van der Waals surface area contributed by atoms with E-state index in [2.05, 4.69) is 40.3 Å². The van der Waals surface area contributed by atoms with Crippen LogP contribution in [0.25, 0.3) is 0 Å². The normalized spacial score (nSPS) is 12.2. The topological polar surface area (TPSA) is 21.3 Å². The van der Waals surface area contributed by atoms with E-state index in [0.717, 1.165) is 39.3 Å². The summed E-state index contributed by atoms with van der Waals surface area (Å²) < 4.78 is 6.38. The molecule has 0 bridgehead atoms. The predicted molar refractivity (Wildman–Crippen MR) is 92.3 cm³/mol. The van der Waals surface area contributed by atoms with Crippen molar-refractivity contribution in [3.05, 3.63) is 63.1 Å². The van der Waals surface area contributed by atoms with Gasteiger partial charge in [0, 0.05) is 9.50 Å². The SMILES string of the molecule is CCCNC(c1cccc(OC)c1)c1cc(Cl)ccc1Br. The van der Waals surface area contributed by atoms with Crippen LogP contribution >= 0.6 is 27.5 Å². The Kier molecular flexibility index (Phi) is 6.09. The van der Waals surface area contributed by atoms with Gasteiger partial charge in [0.1, 0.15) is 5.75 Å². The molecule has 0 aliphatic heterocycles. The Morgan fingerprint density at radius 3 is 2.76 bits per heavy atom. The van der Waals surface area contributed by atoms with E-state index in [0.29, 0.717) is 0 Å². The summed E-state index contributed by atoms with van der Waals surface area (Å²) in [6.45, 7) is 3.09. The molecule has 0 saturated heterocycles. The molecule has 2 nitrogen and oxygen atoms in total. The van der Waals surface area contributed by atoms with Crippen molar-refractivity contribution in [2.24, 2.45) is 0 Å². The van der Waals surface area contributed by atoms with Crippen LogP contribution in [0.5, 0.6) is 5.75 Å². The van der Waals surface area contributed by atoms with Gasteiger partial charge in [-0.2, -0.15) is 0 Å². The van der Waals surface area contributed by atoms with Gasteiger partial charge < -0.3 is 10.1 Å². The van der Waals surface area contributed by atoms with Crippen LogP contribution in [-0.2, 0) is 0 Å². The number of methoxy groups -OCH3 is 1. The van der Waals surface area contributed by atoms with Gasteiger partial charge in [0.15, 0.2) is 0 Å². The molecule has 0 aromatic heterocycles. The molecule has 2 aromatic rings. The van der Waals surface area contributed by atoms with Crippen molar-refractivity contribution in [2.75, 3.05) is 13.7 Å². The summed E-state index contributed by atoms with van der Waals surface area (Å²) in [4.78, 5) is 0. The van der Waals surface area contributed by atoms with E-state index in [9.17, 15) is 0 Å². The second kappa shape index (κ2) is 7.83. The maximum absolute atomic E-state index is 6.17. The highest BCUT2D eigenvalue weighted by Gasteiger charge is 2.17. The number of benzene rings is 2. The highest BCUT2D eigenvalue weighted by molar-refractivity contribution is 9.10. The zero-order valence-corrected chi connectivity index (χ0v) is 14.5. The molecule has 0 heterocycles. The third-order valence-corrected chi connectivity index (χ3v) is 4.25. The van der Waals surface area contributed by atoms with E-state index in [1.807, 2.05) is 30.3 Å². The van der Waals surface area contributed by atoms with Gasteiger partial charge >= 0.3 is 0 Å². The van der Waals surface area contributed by atoms with Crippen molar-refractivity contribution >= 4 is 27.5 Å². The first-order chi connectivity index (χ1) is 10.2. The van der Waals surface area contributed by atoms with Crippen molar-refractivity contribution in [1.82, 2.24) is 5.32 Å². The van der Waals surface area contributed by atoms with E-state index < -0.39 is 0 Å².